The van der Waals surface area contributed by atoms with Crippen LogP contribution in [0.4, 0.5) is 0 Å². The Morgan fingerprint density at radius 3 is 3.20 bits per heavy atom. The number of fused-ring (bicyclic) bond motifs is 3. The highest BCUT2D eigenvalue weighted by atomic mass is 32.2. The fourth-order valence-electron chi connectivity index (χ4n) is 1.87. The van der Waals surface area contributed by atoms with Crippen LogP contribution in [-0.4, -0.2) is 37.8 Å². The van der Waals surface area contributed by atoms with Gasteiger partial charge in [-0.2, -0.15) is 0 Å². The highest BCUT2D eigenvalue weighted by molar-refractivity contribution is 7.99. The van der Waals surface area contributed by atoms with Gasteiger partial charge in [0.15, 0.2) is 5.16 Å². The van der Waals surface area contributed by atoms with Crippen molar-refractivity contribution in [3.8, 4) is 12.3 Å². The van der Waals surface area contributed by atoms with Crippen molar-refractivity contribution in [3.63, 3.8) is 0 Å². The van der Waals surface area contributed by atoms with E-state index in [1.54, 1.807) is 0 Å². The Morgan fingerprint density at radius 2 is 2.35 bits per heavy atom. The number of carbonyl (C=O) groups is 1. The average molecular weight is 285 g/mol. The Hall–Kier alpha value is -2.46. The van der Waals surface area contributed by atoms with Gasteiger partial charge in [-0.15, -0.1) is 11.5 Å². The molecule has 20 heavy (non-hydrogen) atoms. The van der Waals surface area contributed by atoms with Crippen LogP contribution < -0.4 is 5.32 Å². The number of aromatic nitrogens is 4. The van der Waals surface area contributed by atoms with Gasteiger partial charge in [-0.1, -0.05) is 29.8 Å². The van der Waals surface area contributed by atoms with E-state index < -0.39 is 0 Å². The third-order valence-electron chi connectivity index (χ3n) is 2.72. The molecule has 0 aliphatic rings. The first-order valence-electron chi connectivity index (χ1n) is 5.94. The lowest BCUT2D eigenvalue weighted by molar-refractivity contribution is -0.118. The molecule has 1 amide bonds. The topological polar surface area (TPSA) is 75.1 Å². The van der Waals surface area contributed by atoms with Crippen molar-refractivity contribution in [1.29, 1.82) is 0 Å². The molecule has 0 aliphatic carbocycles. The summed E-state index contributed by atoms with van der Waals surface area (Å²) in [6.45, 7) is 0.239. The molecule has 0 aliphatic heterocycles. The second-order valence-corrected chi connectivity index (χ2v) is 4.98. The summed E-state index contributed by atoms with van der Waals surface area (Å²) >= 11 is 1.33. The van der Waals surface area contributed by atoms with E-state index in [0.29, 0.717) is 10.9 Å². The first-order valence-corrected chi connectivity index (χ1v) is 6.92. The monoisotopic (exact) mass is 285 g/mol. The standard InChI is InChI=1S/C13H11N5OS/c1-2-7-14-11(19)8-20-13-17-16-12-15-9-5-3-4-6-10(9)18(12)13/h1,3-6H,7-8H2,(H,14,19)(H,15,16). The number of rotatable bonds is 4. The summed E-state index contributed by atoms with van der Waals surface area (Å²) in [5, 5.41) is 10.4. The molecule has 0 bridgehead atoms. The van der Waals surface area contributed by atoms with Gasteiger partial charge in [-0.05, 0) is 12.1 Å². The summed E-state index contributed by atoms with van der Waals surface area (Å²) in [4.78, 5) is 16.0. The van der Waals surface area contributed by atoms with Crippen LogP contribution in [0.1, 0.15) is 0 Å². The van der Waals surface area contributed by atoms with Gasteiger partial charge >= 0.3 is 0 Å². The van der Waals surface area contributed by atoms with Crippen LogP contribution in [0.25, 0.3) is 16.8 Å². The zero-order chi connectivity index (χ0) is 13.9. The molecule has 2 aromatic heterocycles. The molecule has 7 heteroatoms. The lowest BCUT2D eigenvalue weighted by Gasteiger charge is -2.00. The van der Waals surface area contributed by atoms with E-state index in [9.17, 15) is 4.79 Å². The number of imidazole rings is 1. The molecular weight excluding hydrogens is 274 g/mol. The summed E-state index contributed by atoms with van der Waals surface area (Å²) in [7, 11) is 0. The van der Waals surface area contributed by atoms with Crippen LogP contribution >= 0.6 is 11.8 Å². The van der Waals surface area contributed by atoms with Crippen LogP contribution in [0.15, 0.2) is 29.4 Å². The Bertz CT molecular complexity index is 813. The summed E-state index contributed by atoms with van der Waals surface area (Å²) in [5.41, 5.74) is 1.85. The minimum Gasteiger partial charge on any atom is -0.344 e. The third kappa shape index (κ3) is 2.21. The van der Waals surface area contributed by atoms with Crippen LogP contribution in [-0.2, 0) is 4.79 Å². The second-order valence-electron chi connectivity index (χ2n) is 4.04. The number of benzene rings is 1. The van der Waals surface area contributed by atoms with Crippen LogP contribution in [0.3, 0.4) is 0 Å². The van der Waals surface area contributed by atoms with Crippen molar-refractivity contribution in [3.05, 3.63) is 24.3 Å². The Kier molecular flexibility index (Phi) is 3.31. The lowest BCUT2D eigenvalue weighted by Crippen LogP contribution is -2.25. The molecule has 0 spiro atoms. The van der Waals surface area contributed by atoms with Crippen molar-refractivity contribution < 1.29 is 4.79 Å². The number of hydrogen-bond donors (Lipinski definition) is 2. The Morgan fingerprint density at radius 1 is 1.50 bits per heavy atom. The normalized spacial score (nSPS) is 10.8. The Labute approximate surface area is 119 Å². The van der Waals surface area contributed by atoms with Crippen molar-refractivity contribution in [2.75, 3.05) is 12.3 Å². The van der Waals surface area contributed by atoms with E-state index >= 15 is 0 Å². The van der Waals surface area contributed by atoms with Gasteiger partial charge in [0, 0.05) is 0 Å². The number of terminal acetylenes is 1. The van der Waals surface area contributed by atoms with Crippen LogP contribution in [0, 0.1) is 12.3 Å². The van der Waals surface area contributed by atoms with Crippen molar-refractivity contribution in [2.45, 2.75) is 5.16 Å². The molecule has 2 N–H and O–H groups in total. The molecule has 6 nitrogen and oxygen atoms in total. The first kappa shape index (κ1) is 12.6. The van der Waals surface area contributed by atoms with Gasteiger partial charge in [-0.25, -0.2) is 10.1 Å². The highest BCUT2D eigenvalue weighted by Crippen LogP contribution is 2.22. The Balaban J connectivity index is 1.85. The number of H-pyrrole nitrogens is 1. The maximum Gasteiger partial charge on any atom is 0.231 e. The van der Waals surface area contributed by atoms with Crippen molar-refractivity contribution in [1.82, 2.24) is 24.9 Å². The van der Waals surface area contributed by atoms with Crippen LogP contribution in [0.2, 0.25) is 0 Å². The van der Waals surface area contributed by atoms with E-state index in [-0.39, 0.29) is 18.2 Å². The first-order chi connectivity index (χ1) is 9.79. The number of nitrogens with one attached hydrogen (secondary N) is 2. The molecule has 0 saturated carbocycles. The van der Waals surface area contributed by atoms with E-state index in [4.69, 9.17) is 6.42 Å². The number of hydrogen-bond acceptors (Lipinski definition) is 4. The molecule has 3 rings (SSSR count). The number of aromatic amines is 1. The molecular formula is C13H11N5OS. The summed E-state index contributed by atoms with van der Waals surface area (Å²) < 4.78 is 1.90. The number of amides is 1. The van der Waals surface area contributed by atoms with Gasteiger partial charge in [0.2, 0.25) is 11.7 Å². The molecule has 2 heterocycles. The molecule has 1 aromatic carbocycles. The second kappa shape index (κ2) is 5.27. The molecule has 3 aromatic rings. The summed E-state index contributed by atoms with van der Waals surface area (Å²) in [5.74, 6) is 3.17. The van der Waals surface area contributed by atoms with Gasteiger partial charge in [0.05, 0.1) is 23.3 Å². The average Bonchev–Trinajstić information content (AvgIpc) is 3.02. The smallest absolute Gasteiger partial charge is 0.231 e. The molecule has 0 unspecified atom stereocenters. The third-order valence-corrected chi connectivity index (χ3v) is 3.66. The van der Waals surface area contributed by atoms with Crippen molar-refractivity contribution >= 4 is 34.5 Å². The fourth-order valence-corrected chi connectivity index (χ4v) is 2.66. The number of carbonyl (C=O) groups excluding carboxylic acids is 1. The van der Waals surface area contributed by atoms with Crippen LogP contribution in [0.5, 0.6) is 0 Å². The maximum atomic E-state index is 11.5. The summed E-state index contributed by atoms with van der Waals surface area (Å²) in [6, 6.07) is 7.78. The number of para-hydroxylation sites is 2. The zero-order valence-corrected chi connectivity index (χ0v) is 11.3. The summed E-state index contributed by atoms with van der Waals surface area (Å²) in [6.07, 6.45) is 5.09. The molecule has 0 radical (unpaired) electrons. The van der Waals surface area contributed by atoms with Gasteiger partial charge in [0.1, 0.15) is 0 Å². The van der Waals surface area contributed by atoms with Gasteiger partial charge < -0.3 is 5.32 Å². The molecule has 0 saturated heterocycles. The van der Waals surface area contributed by atoms with Gasteiger partial charge in [0.25, 0.3) is 0 Å². The largest absolute Gasteiger partial charge is 0.344 e. The molecule has 0 fully saturated rings. The number of thioether (sulfide) groups is 1. The molecule has 100 valence electrons. The quantitative estimate of drug-likeness (QED) is 0.555. The molecule has 0 atom stereocenters. The van der Waals surface area contributed by atoms with E-state index in [2.05, 4.69) is 26.4 Å². The van der Waals surface area contributed by atoms with E-state index in [0.717, 1.165) is 11.0 Å². The SMILES string of the molecule is C#CCNC(=O)CSc1n[nH]c2nc3ccccc3n12. The highest BCUT2D eigenvalue weighted by Gasteiger charge is 2.12. The zero-order valence-electron chi connectivity index (χ0n) is 10.5. The maximum absolute atomic E-state index is 11.5. The van der Waals surface area contributed by atoms with Gasteiger partial charge in [-0.3, -0.25) is 9.20 Å². The van der Waals surface area contributed by atoms with E-state index in [1.165, 1.54) is 11.8 Å². The minimum absolute atomic E-state index is 0.117. The van der Waals surface area contributed by atoms with E-state index in [1.807, 2.05) is 28.7 Å². The number of nitrogens with zero attached hydrogens (tertiary/aromatic N) is 3. The fraction of sp³-hybridized carbons (Fsp3) is 0.154. The lowest BCUT2D eigenvalue weighted by atomic mass is 10.3. The van der Waals surface area contributed by atoms with Crippen molar-refractivity contribution in [2.24, 2.45) is 0 Å². The minimum atomic E-state index is -0.117. The predicted molar refractivity (Wildman–Crippen MR) is 77.4 cm³/mol. The predicted octanol–water partition coefficient (Wildman–Crippen LogP) is 1.05.